The second-order valence-electron chi connectivity index (χ2n) is 4.11. The molecule has 0 unspecified atom stereocenters. The molecule has 5 heteroatoms. The number of aryl methyl sites for hydroxylation is 1. The molecule has 0 fully saturated rings. The fraction of sp³-hybridized carbons (Fsp3) is 0.143. The first-order valence-electron chi connectivity index (χ1n) is 5.80. The summed E-state index contributed by atoms with van der Waals surface area (Å²) in [6.07, 6.45) is 3.55. The molecule has 3 rings (SSSR count). The third-order valence-electron chi connectivity index (χ3n) is 2.92. The molecule has 0 radical (unpaired) electrons. The van der Waals surface area contributed by atoms with E-state index >= 15 is 0 Å². The quantitative estimate of drug-likeness (QED) is 0.719. The molecule has 0 saturated heterocycles. The van der Waals surface area contributed by atoms with Gasteiger partial charge in [-0.05, 0) is 12.1 Å². The second-order valence-corrected chi connectivity index (χ2v) is 4.11. The molecular weight excluding hydrogens is 242 g/mol. The number of furan rings is 1. The Morgan fingerprint density at radius 1 is 1.42 bits per heavy atom. The van der Waals surface area contributed by atoms with E-state index in [4.69, 9.17) is 14.4 Å². The molecule has 19 heavy (non-hydrogen) atoms. The molecule has 5 nitrogen and oxygen atoms in total. The number of benzene rings is 1. The first kappa shape index (κ1) is 11.4. The maximum Gasteiger partial charge on any atom is 0.246 e. The van der Waals surface area contributed by atoms with Crippen LogP contribution in [0, 0.1) is 11.3 Å². The van der Waals surface area contributed by atoms with Gasteiger partial charge in [0.15, 0.2) is 5.75 Å². The van der Waals surface area contributed by atoms with Crippen molar-refractivity contribution in [3.63, 3.8) is 0 Å². The van der Waals surface area contributed by atoms with Gasteiger partial charge >= 0.3 is 0 Å². The number of hydrogen-bond acceptors (Lipinski definition) is 4. The smallest absolute Gasteiger partial charge is 0.246 e. The van der Waals surface area contributed by atoms with Crippen molar-refractivity contribution in [2.24, 2.45) is 7.05 Å². The lowest BCUT2D eigenvalue weighted by molar-refractivity contribution is 0.290. The lowest BCUT2D eigenvalue weighted by Gasteiger charge is -2.04. The van der Waals surface area contributed by atoms with Crippen molar-refractivity contribution >= 4 is 11.0 Å². The van der Waals surface area contributed by atoms with E-state index in [9.17, 15) is 0 Å². The van der Waals surface area contributed by atoms with Gasteiger partial charge in [-0.25, -0.2) is 4.98 Å². The van der Waals surface area contributed by atoms with E-state index < -0.39 is 0 Å². The van der Waals surface area contributed by atoms with Crippen molar-refractivity contribution in [3.8, 4) is 11.8 Å². The Hall–Kier alpha value is -2.74. The van der Waals surface area contributed by atoms with Gasteiger partial charge in [-0.2, -0.15) is 5.26 Å². The molecule has 0 N–H and O–H groups in total. The van der Waals surface area contributed by atoms with Gasteiger partial charge in [-0.1, -0.05) is 12.1 Å². The van der Waals surface area contributed by atoms with Crippen LogP contribution in [0.2, 0.25) is 0 Å². The third-order valence-corrected chi connectivity index (χ3v) is 2.92. The lowest BCUT2D eigenvalue weighted by Crippen LogP contribution is -2.03. The van der Waals surface area contributed by atoms with Crippen LogP contribution in [0.3, 0.4) is 0 Å². The van der Waals surface area contributed by atoms with Crippen LogP contribution < -0.4 is 4.74 Å². The molecule has 0 aliphatic heterocycles. The van der Waals surface area contributed by atoms with Gasteiger partial charge in [-0.15, -0.1) is 0 Å². The van der Waals surface area contributed by atoms with E-state index in [1.165, 1.54) is 0 Å². The molecule has 3 aromatic rings. The van der Waals surface area contributed by atoms with Crippen molar-refractivity contribution in [1.82, 2.24) is 9.55 Å². The minimum atomic E-state index is 0.190. The number of aromatic nitrogens is 2. The summed E-state index contributed by atoms with van der Waals surface area (Å²) < 4.78 is 13.0. The molecule has 0 atom stereocenters. The minimum Gasteiger partial charge on any atom is -0.480 e. The van der Waals surface area contributed by atoms with E-state index in [1.807, 2.05) is 48.1 Å². The summed E-state index contributed by atoms with van der Waals surface area (Å²) in [4.78, 5) is 4.18. The molecule has 0 saturated carbocycles. The lowest BCUT2D eigenvalue weighted by atomic mass is 10.2. The molecular formula is C14H11N3O2. The molecule has 94 valence electrons. The SMILES string of the molecule is Cn1ccnc1COc1c(C#N)oc2ccccc12. The predicted octanol–water partition coefficient (Wildman–Crippen LogP) is 2.62. The Morgan fingerprint density at radius 3 is 3.00 bits per heavy atom. The standard InChI is InChI=1S/C14H11N3O2/c1-17-7-6-16-13(17)9-18-14-10-4-2-3-5-11(10)19-12(14)8-15/h2-7H,9H2,1H3. The van der Waals surface area contributed by atoms with Crippen LogP contribution in [0.4, 0.5) is 0 Å². The largest absolute Gasteiger partial charge is 0.480 e. The average molecular weight is 253 g/mol. The summed E-state index contributed by atoms with van der Waals surface area (Å²) in [5.41, 5.74) is 0.647. The highest BCUT2D eigenvalue weighted by atomic mass is 16.5. The van der Waals surface area contributed by atoms with Gasteiger partial charge in [-0.3, -0.25) is 0 Å². The van der Waals surface area contributed by atoms with E-state index in [0.717, 1.165) is 11.2 Å². The van der Waals surface area contributed by atoms with Gasteiger partial charge in [0.1, 0.15) is 24.1 Å². The Bertz CT molecular complexity index is 764. The average Bonchev–Trinajstić information content (AvgIpc) is 2.99. The van der Waals surface area contributed by atoms with Crippen LogP contribution in [0.1, 0.15) is 11.6 Å². The second kappa shape index (κ2) is 4.50. The van der Waals surface area contributed by atoms with Crippen LogP contribution in [0.5, 0.6) is 5.75 Å². The monoisotopic (exact) mass is 253 g/mol. The number of hydrogen-bond donors (Lipinski definition) is 0. The van der Waals surface area contributed by atoms with E-state index in [-0.39, 0.29) is 5.76 Å². The number of ether oxygens (including phenoxy) is 1. The maximum absolute atomic E-state index is 9.09. The zero-order valence-electron chi connectivity index (χ0n) is 10.3. The van der Waals surface area contributed by atoms with Crippen LogP contribution in [0.25, 0.3) is 11.0 Å². The van der Waals surface area contributed by atoms with Gasteiger partial charge < -0.3 is 13.7 Å². The minimum absolute atomic E-state index is 0.190. The number of nitriles is 1. The van der Waals surface area contributed by atoms with Gasteiger partial charge in [0.25, 0.3) is 0 Å². The number of rotatable bonds is 3. The normalized spacial score (nSPS) is 10.5. The van der Waals surface area contributed by atoms with E-state index in [1.54, 1.807) is 6.20 Å². The Balaban J connectivity index is 1.96. The number of fused-ring (bicyclic) bond motifs is 1. The molecule has 0 aliphatic carbocycles. The Labute approximate surface area is 109 Å². The molecule has 0 bridgehead atoms. The molecule has 1 aromatic carbocycles. The zero-order chi connectivity index (χ0) is 13.2. The summed E-state index contributed by atoms with van der Waals surface area (Å²) in [5, 5.41) is 9.89. The van der Waals surface area contributed by atoms with Crippen molar-refractivity contribution in [2.75, 3.05) is 0 Å². The fourth-order valence-corrected chi connectivity index (χ4v) is 1.91. The summed E-state index contributed by atoms with van der Waals surface area (Å²) in [5.74, 6) is 1.45. The molecule has 2 heterocycles. The highest BCUT2D eigenvalue weighted by molar-refractivity contribution is 5.86. The van der Waals surface area contributed by atoms with Crippen LogP contribution in [-0.2, 0) is 13.7 Å². The maximum atomic E-state index is 9.09. The molecule has 0 aliphatic rings. The van der Waals surface area contributed by atoms with E-state index in [2.05, 4.69) is 4.98 Å². The van der Waals surface area contributed by atoms with Gasteiger partial charge in [0.05, 0.1) is 5.39 Å². The van der Waals surface area contributed by atoms with Gasteiger partial charge in [0, 0.05) is 19.4 Å². The van der Waals surface area contributed by atoms with Crippen molar-refractivity contribution in [2.45, 2.75) is 6.61 Å². The number of nitrogens with zero attached hydrogens (tertiary/aromatic N) is 3. The molecule has 0 amide bonds. The highest BCUT2D eigenvalue weighted by Gasteiger charge is 2.15. The Kier molecular flexibility index (Phi) is 2.69. The van der Waals surface area contributed by atoms with E-state index in [0.29, 0.717) is 17.9 Å². The topological polar surface area (TPSA) is 64.0 Å². The van der Waals surface area contributed by atoms with Crippen LogP contribution in [0.15, 0.2) is 41.1 Å². The zero-order valence-corrected chi connectivity index (χ0v) is 10.3. The van der Waals surface area contributed by atoms with Crippen molar-refractivity contribution in [3.05, 3.63) is 48.2 Å². The molecule has 2 aromatic heterocycles. The predicted molar refractivity (Wildman–Crippen MR) is 68.5 cm³/mol. The Morgan fingerprint density at radius 2 is 2.26 bits per heavy atom. The summed E-state index contributed by atoms with van der Waals surface area (Å²) in [6.45, 7) is 0.293. The highest BCUT2D eigenvalue weighted by Crippen LogP contribution is 2.32. The summed E-state index contributed by atoms with van der Waals surface area (Å²) in [6, 6.07) is 9.43. The number of imidazole rings is 1. The summed E-state index contributed by atoms with van der Waals surface area (Å²) in [7, 11) is 1.89. The third kappa shape index (κ3) is 1.93. The number of para-hydroxylation sites is 1. The first-order valence-corrected chi connectivity index (χ1v) is 5.80. The first-order chi connectivity index (χ1) is 9.29. The van der Waals surface area contributed by atoms with Crippen LogP contribution in [-0.4, -0.2) is 9.55 Å². The van der Waals surface area contributed by atoms with Crippen LogP contribution >= 0.6 is 0 Å². The fourth-order valence-electron chi connectivity index (χ4n) is 1.91. The summed E-state index contributed by atoms with van der Waals surface area (Å²) >= 11 is 0. The van der Waals surface area contributed by atoms with Gasteiger partial charge in [0.2, 0.25) is 5.76 Å². The van der Waals surface area contributed by atoms with Crippen molar-refractivity contribution in [1.29, 1.82) is 5.26 Å². The molecule has 0 spiro atoms. The van der Waals surface area contributed by atoms with Crippen molar-refractivity contribution < 1.29 is 9.15 Å².